The quantitative estimate of drug-likeness (QED) is 0.868. The monoisotopic (exact) mass is 261 g/mol. The normalized spacial score (nSPS) is 18.5. The second-order valence-corrected chi connectivity index (χ2v) is 5.16. The Morgan fingerprint density at radius 1 is 1.26 bits per heavy atom. The Kier molecular flexibility index (Phi) is 2.69. The number of carboxylic acid groups (broad SMARTS) is 1. The number of phenols is 1. The molecule has 1 aromatic heterocycles. The smallest absolute Gasteiger partial charge is 0.315 e. The van der Waals surface area contributed by atoms with Crippen LogP contribution in [0.1, 0.15) is 37.8 Å². The molecular weight excluding hydrogens is 246 g/mol. The van der Waals surface area contributed by atoms with E-state index in [0.717, 1.165) is 19.3 Å². The number of carboxylic acids is 1. The lowest BCUT2D eigenvalue weighted by molar-refractivity contribution is -0.145. The van der Waals surface area contributed by atoms with Crippen LogP contribution in [0.25, 0.3) is 11.0 Å². The molecule has 100 valence electrons. The number of aliphatic carboxylic acids is 1. The maximum Gasteiger partial charge on any atom is 0.315 e. The number of rotatable bonds is 2. The van der Waals surface area contributed by atoms with Crippen LogP contribution in [0.2, 0.25) is 0 Å². The molecule has 1 aromatic carbocycles. The molecule has 0 aliphatic heterocycles. The van der Waals surface area contributed by atoms with Crippen molar-refractivity contribution in [2.75, 3.05) is 0 Å². The fourth-order valence-corrected chi connectivity index (χ4v) is 2.98. The topological polar surface area (TPSA) is 83.6 Å². The zero-order chi connectivity index (χ0) is 13.5. The molecule has 3 rings (SSSR count). The van der Waals surface area contributed by atoms with Crippen molar-refractivity contribution >= 4 is 16.9 Å². The molecule has 2 aromatic rings. The first-order chi connectivity index (χ1) is 9.13. The van der Waals surface area contributed by atoms with Crippen LogP contribution >= 0.6 is 0 Å². The van der Waals surface area contributed by atoms with Crippen LogP contribution in [-0.4, -0.2) is 21.3 Å². The molecular formula is C14H15NO4. The Morgan fingerprint density at radius 2 is 2.00 bits per heavy atom. The highest BCUT2D eigenvalue weighted by molar-refractivity contribution is 5.90. The maximum absolute atomic E-state index is 11.8. The number of aromatic nitrogens is 1. The van der Waals surface area contributed by atoms with Crippen molar-refractivity contribution in [2.24, 2.45) is 0 Å². The van der Waals surface area contributed by atoms with Gasteiger partial charge in [0.05, 0.1) is 0 Å². The van der Waals surface area contributed by atoms with Crippen molar-refractivity contribution in [3.8, 4) is 5.75 Å². The van der Waals surface area contributed by atoms with Gasteiger partial charge in [-0.3, -0.25) is 4.79 Å². The predicted octanol–water partition coefficient (Wildman–Crippen LogP) is 2.82. The minimum Gasteiger partial charge on any atom is -0.508 e. The third-order valence-electron chi connectivity index (χ3n) is 4.02. The third-order valence-corrected chi connectivity index (χ3v) is 4.02. The van der Waals surface area contributed by atoms with E-state index in [0.29, 0.717) is 29.5 Å². The number of hydrogen-bond donors (Lipinski definition) is 2. The molecule has 1 aliphatic rings. The van der Waals surface area contributed by atoms with E-state index in [1.165, 1.54) is 12.1 Å². The van der Waals surface area contributed by atoms with E-state index in [2.05, 4.69) is 5.16 Å². The number of benzene rings is 1. The van der Waals surface area contributed by atoms with Gasteiger partial charge in [0, 0.05) is 5.39 Å². The first-order valence-electron chi connectivity index (χ1n) is 6.46. The Morgan fingerprint density at radius 3 is 2.68 bits per heavy atom. The lowest BCUT2D eigenvalue weighted by Crippen LogP contribution is -2.38. The standard InChI is InChI=1S/C14H15NO4/c16-9-4-5-11-10(8-9)12(15-19-11)14(13(17)18)6-2-1-3-7-14/h4-5,8,16H,1-3,6-7H2,(H,17,18). The number of phenolic OH excluding ortho intramolecular Hbond substituents is 1. The largest absolute Gasteiger partial charge is 0.508 e. The van der Waals surface area contributed by atoms with Gasteiger partial charge >= 0.3 is 5.97 Å². The molecule has 0 radical (unpaired) electrons. The van der Waals surface area contributed by atoms with Crippen LogP contribution in [0.15, 0.2) is 22.7 Å². The molecule has 0 spiro atoms. The lowest BCUT2D eigenvalue weighted by atomic mass is 9.71. The molecule has 0 atom stereocenters. The van der Waals surface area contributed by atoms with Crippen molar-refractivity contribution in [2.45, 2.75) is 37.5 Å². The Balaban J connectivity index is 2.20. The Hall–Kier alpha value is -2.04. The van der Waals surface area contributed by atoms with E-state index in [1.54, 1.807) is 6.07 Å². The van der Waals surface area contributed by atoms with Crippen molar-refractivity contribution < 1.29 is 19.5 Å². The van der Waals surface area contributed by atoms with E-state index < -0.39 is 11.4 Å². The summed E-state index contributed by atoms with van der Waals surface area (Å²) < 4.78 is 5.21. The summed E-state index contributed by atoms with van der Waals surface area (Å²) in [4.78, 5) is 11.8. The number of hydrogen-bond acceptors (Lipinski definition) is 4. The van der Waals surface area contributed by atoms with Crippen LogP contribution in [0.5, 0.6) is 5.75 Å². The molecule has 1 fully saturated rings. The van der Waals surface area contributed by atoms with Gasteiger partial charge in [-0.25, -0.2) is 0 Å². The van der Waals surface area contributed by atoms with Gasteiger partial charge in [-0.1, -0.05) is 24.4 Å². The second kappa shape index (κ2) is 4.26. The summed E-state index contributed by atoms with van der Waals surface area (Å²) in [6, 6.07) is 4.64. The Labute approximate surface area is 109 Å². The Bertz CT molecular complexity index is 625. The second-order valence-electron chi connectivity index (χ2n) is 5.16. The number of nitrogens with zero attached hydrogens (tertiary/aromatic N) is 1. The first kappa shape index (κ1) is 12.0. The molecule has 1 heterocycles. The van der Waals surface area contributed by atoms with Crippen molar-refractivity contribution in [3.63, 3.8) is 0 Å². The van der Waals surface area contributed by atoms with Crippen molar-refractivity contribution in [1.29, 1.82) is 0 Å². The fraction of sp³-hybridized carbons (Fsp3) is 0.429. The van der Waals surface area contributed by atoms with Gasteiger partial charge in [-0.15, -0.1) is 0 Å². The van der Waals surface area contributed by atoms with Crippen LogP contribution in [0.3, 0.4) is 0 Å². The van der Waals surface area contributed by atoms with Gasteiger partial charge in [0.2, 0.25) is 0 Å². The molecule has 1 saturated carbocycles. The zero-order valence-electron chi connectivity index (χ0n) is 10.4. The molecule has 0 amide bonds. The predicted molar refractivity (Wildman–Crippen MR) is 68.1 cm³/mol. The van der Waals surface area contributed by atoms with Crippen molar-refractivity contribution in [1.82, 2.24) is 5.16 Å². The van der Waals surface area contributed by atoms with Gasteiger partial charge in [-0.05, 0) is 31.0 Å². The average molecular weight is 261 g/mol. The summed E-state index contributed by atoms with van der Waals surface area (Å²) in [6.45, 7) is 0. The zero-order valence-corrected chi connectivity index (χ0v) is 10.4. The summed E-state index contributed by atoms with van der Waals surface area (Å²) in [5.41, 5.74) is -0.0123. The number of fused-ring (bicyclic) bond motifs is 1. The summed E-state index contributed by atoms with van der Waals surface area (Å²) in [7, 11) is 0. The number of carbonyl (C=O) groups is 1. The maximum atomic E-state index is 11.8. The van der Waals surface area contributed by atoms with E-state index in [4.69, 9.17) is 4.52 Å². The molecule has 2 N–H and O–H groups in total. The minimum absolute atomic E-state index is 0.0910. The van der Waals surface area contributed by atoms with Gasteiger partial charge in [0.1, 0.15) is 16.9 Å². The minimum atomic E-state index is -0.975. The van der Waals surface area contributed by atoms with Gasteiger partial charge < -0.3 is 14.7 Å². The summed E-state index contributed by atoms with van der Waals surface area (Å²) in [5.74, 6) is -0.765. The van der Waals surface area contributed by atoms with Crippen LogP contribution in [0, 0.1) is 0 Å². The molecule has 0 saturated heterocycles. The molecule has 0 bridgehead atoms. The van der Waals surface area contributed by atoms with Crippen LogP contribution in [-0.2, 0) is 10.2 Å². The molecule has 0 unspecified atom stereocenters. The SMILES string of the molecule is O=C(O)C1(c2noc3ccc(O)cc23)CCCCC1. The molecule has 19 heavy (non-hydrogen) atoms. The summed E-state index contributed by atoms with van der Waals surface area (Å²) >= 11 is 0. The molecule has 1 aliphatic carbocycles. The lowest BCUT2D eigenvalue weighted by Gasteiger charge is -2.31. The fourth-order valence-electron chi connectivity index (χ4n) is 2.98. The average Bonchev–Trinajstić information content (AvgIpc) is 2.82. The highest BCUT2D eigenvalue weighted by Gasteiger charge is 2.45. The highest BCUT2D eigenvalue weighted by Crippen LogP contribution is 2.42. The van der Waals surface area contributed by atoms with Gasteiger partial charge in [0.25, 0.3) is 0 Å². The van der Waals surface area contributed by atoms with Gasteiger partial charge in [-0.2, -0.15) is 0 Å². The molecule has 5 heteroatoms. The van der Waals surface area contributed by atoms with Gasteiger partial charge in [0.15, 0.2) is 5.58 Å². The van der Waals surface area contributed by atoms with E-state index in [1.807, 2.05) is 0 Å². The first-order valence-corrected chi connectivity index (χ1v) is 6.46. The summed E-state index contributed by atoms with van der Waals surface area (Å²) in [5, 5.41) is 23.8. The van der Waals surface area contributed by atoms with Crippen LogP contribution in [0.4, 0.5) is 0 Å². The van der Waals surface area contributed by atoms with E-state index >= 15 is 0 Å². The third kappa shape index (κ3) is 1.77. The van der Waals surface area contributed by atoms with Crippen molar-refractivity contribution in [3.05, 3.63) is 23.9 Å². The summed E-state index contributed by atoms with van der Waals surface area (Å²) in [6.07, 6.45) is 3.94. The van der Waals surface area contributed by atoms with Crippen LogP contribution < -0.4 is 0 Å². The highest BCUT2D eigenvalue weighted by atomic mass is 16.5. The van der Waals surface area contributed by atoms with E-state index in [9.17, 15) is 15.0 Å². The van der Waals surface area contributed by atoms with E-state index in [-0.39, 0.29) is 5.75 Å². The molecule has 5 nitrogen and oxygen atoms in total. The number of aromatic hydroxyl groups is 1.